The number of benzene rings is 2. The summed E-state index contributed by atoms with van der Waals surface area (Å²) >= 11 is 5.71. The fraction of sp³-hybridized carbons (Fsp3) is 0.158. The quantitative estimate of drug-likeness (QED) is 0.669. The predicted octanol–water partition coefficient (Wildman–Crippen LogP) is 4.00. The molecule has 1 unspecified atom stereocenters. The second-order valence-electron chi connectivity index (χ2n) is 5.65. The fourth-order valence-corrected chi connectivity index (χ4v) is 2.65. The van der Waals surface area contributed by atoms with E-state index in [2.05, 4.69) is 15.3 Å². The number of anilines is 1. The first-order valence-electron chi connectivity index (χ1n) is 8.16. The van der Waals surface area contributed by atoms with E-state index >= 15 is 0 Å². The molecule has 3 rings (SSSR count). The summed E-state index contributed by atoms with van der Waals surface area (Å²) < 4.78 is 18.6. The molecule has 1 heterocycles. The molecule has 138 valence electrons. The summed E-state index contributed by atoms with van der Waals surface area (Å²) in [7, 11) is 0. The van der Waals surface area contributed by atoms with Gasteiger partial charge in [-0.2, -0.15) is 0 Å². The lowest BCUT2D eigenvalue weighted by molar-refractivity contribution is -0.124. The van der Waals surface area contributed by atoms with Crippen molar-refractivity contribution in [3.8, 4) is 0 Å². The third-order valence-electron chi connectivity index (χ3n) is 3.82. The van der Waals surface area contributed by atoms with Gasteiger partial charge in [0.25, 0.3) is 5.91 Å². The molecule has 1 amide bonds. The molecule has 0 aliphatic carbocycles. The van der Waals surface area contributed by atoms with Gasteiger partial charge in [-0.15, -0.1) is 0 Å². The van der Waals surface area contributed by atoms with E-state index in [1.165, 1.54) is 24.5 Å². The van der Waals surface area contributed by atoms with Gasteiger partial charge in [-0.25, -0.2) is 9.18 Å². The number of para-hydroxylation sites is 1. The number of carbonyl (C=O) groups excluding carboxylic acids is 2. The van der Waals surface area contributed by atoms with Gasteiger partial charge in [0, 0.05) is 18.1 Å². The predicted molar refractivity (Wildman–Crippen MR) is 99.1 cm³/mol. The third-order valence-corrected chi connectivity index (χ3v) is 4.11. The van der Waals surface area contributed by atoms with Crippen molar-refractivity contribution in [2.45, 2.75) is 19.4 Å². The molecule has 0 spiro atoms. The topological polar surface area (TPSA) is 81.2 Å². The van der Waals surface area contributed by atoms with Crippen molar-refractivity contribution in [3.05, 3.63) is 65.2 Å². The number of esters is 1. The zero-order chi connectivity index (χ0) is 19.4. The van der Waals surface area contributed by atoms with Crippen molar-refractivity contribution in [2.75, 3.05) is 5.32 Å². The van der Waals surface area contributed by atoms with Crippen LogP contribution in [0.4, 0.5) is 10.1 Å². The number of ether oxygens (including phenoxy) is 1. The lowest BCUT2D eigenvalue weighted by Crippen LogP contribution is -2.32. The van der Waals surface area contributed by atoms with Crippen molar-refractivity contribution in [1.29, 1.82) is 0 Å². The van der Waals surface area contributed by atoms with E-state index in [1.54, 1.807) is 25.1 Å². The zero-order valence-electron chi connectivity index (χ0n) is 14.3. The number of hydrogen-bond acceptors (Lipinski definition) is 5. The Morgan fingerprint density at radius 3 is 2.74 bits per heavy atom. The SMILES string of the molecule is CCC(OC(=O)c1cccc2nccnc12)C(=O)Nc1ccc(F)c(Cl)c1. The molecule has 0 aliphatic rings. The molecule has 6 nitrogen and oxygen atoms in total. The summed E-state index contributed by atoms with van der Waals surface area (Å²) in [6.45, 7) is 1.71. The number of hydrogen-bond donors (Lipinski definition) is 1. The highest BCUT2D eigenvalue weighted by molar-refractivity contribution is 6.31. The summed E-state index contributed by atoms with van der Waals surface area (Å²) in [6.07, 6.45) is 2.21. The number of halogens is 2. The second kappa shape index (κ2) is 8.09. The van der Waals surface area contributed by atoms with E-state index in [1.807, 2.05) is 0 Å². The fourth-order valence-electron chi connectivity index (χ4n) is 2.47. The van der Waals surface area contributed by atoms with Crippen molar-refractivity contribution in [3.63, 3.8) is 0 Å². The van der Waals surface area contributed by atoms with Gasteiger partial charge in [0.15, 0.2) is 6.10 Å². The van der Waals surface area contributed by atoms with Crippen LogP contribution in [0.1, 0.15) is 23.7 Å². The third kappa shape index (κ3) is 4.20. The first-order valence-corrected chi connectivity index (χ1v) is 8.54. The number of aromatic nitrogens is 2. The van der Waals surface area contributed by atoms with Gasteiger partial charge in [-0.3, -0.25) is 14.8 Å². The minimum Gasteiger partial charge on any atom is -0.449 e. The standard InChI is InChI=1S/C19H15ClFN3O3/c1-2-16(18(25)24-11-6-7-14(21)13(20)10-11)27-19(26)12-4-3-5-15-17(12)23-9-8-22-15/h3-10,16H,2H2,1H3,(H,24,25). The first-order chi connectivity index (χ1) is 13.0. The zero-order valence-corrected chi connectivity index (χ0v) is 15.0. The monoisotopic (exact) mass is 387 g/mol. The first kappa shape index (κ1) is 18.7. The van der Waals surface area contributed by atoms with Crippen LogP contribution in [0, 0.1) is 5.82 Å². The Balaban J connectivity index is 1.76. The molecule has 27 heavy (non-hydrogen) atoms. The van der Waals surface area contributed by atoms with Crippen LogP contribution in [-0.2, 0) is 9.53 Å². The van der Waals surface area contributed by atoms with Crippen molar-refractivity contribution in [1.82, 2.24) is 9.97 Å². The molecular weight excluding hydrogens is 373 g/mol. The largest absolute Gasteiger partial charge is 0.449 e. The average molecular weight is 388 g/mol. The van der Waals surface area contributed by atoms with Gasteiger partial charge in [0.05, 0.1) is 16.1 Å². The van der Waals surface area contributed by atoms with Crippen LogP contribution in [0.25, 0.3) is 11.0 Å². The molecule has 0 saturated carbocycles. The minimum absolute atomic E-state index is 0.118. The Bertz CT molecular complexity index is 1010. The number of rotatable bonds is 5. The molecule has 0 saturated heterocycles. The van der Waals surface area contributed by atoms with Crippen LogP contribution in [-0.4, -0.2) is 27.9 Å². The maximum absolute atomic E-state index is 13.2. The van der Waals surface area contributed by atoms with Gasteiger partial charge >= 0.3 is 5.97 Å². The molecule has 3 aromatic rings. The van der Waals surface area contributed by atoms with E-state index in [0.29, 0.717) is 16.7 Å². The normalized spacial score (nSPS) is 11.8. The van der Waals surface area contributed by atoms with Crippen LogP contribution in [0.5, 0.6) is 0 Å². The molecule has 8 heteroatoms. The molecular formula is C19H15ClFN3O3. The van der Waals surface area contributed by atoms with Gasteiger partial charge in [-0.05, 0) is 36.8 Å². The number of carbonyl (C=O) groups is 2. The summed E-state index contributed by atoms with van der Waals surface area (Å²) in [5, 5.41) is 2.44. The van der Waals surface area contributed by atoms with Crippen LogP contribution >= 0.6 is 11.6 Å². The summed E-state index contributed by atoms with van der Waals surface area (Å²) in [6, 6.07) is 8.73. The number of amides is 1. The molecule has 0 radical (unpaired) electrons. The van der Waals surface area contributed by atoms with Gasteiger partial charge < -0.3 is 10.1 Å². The van der Waals surface area contributed by atoms with Crippen LogP contribution in [0.3, 0.4) is 0 Å². The Hall–Kier alpha value is -3.06. The summed E-state index contributed by atoms with van der Waals surface area (Å²) in [4.78, 5) is 33.2. The number of nitrogens with zero attached hydrogens (tertiary/aromatic N) is 2. The number of fused-ring (bicyclic) bond motifs is 1. The highest BCUT2D eigenvalue weighted by Gasteiger charge is 2.23. The van der Waals surface area contributed by atoms with E-state index in [0.717, 1.165) is 6.07 Å². The van der Waals surface area contributed by atoms with Crippen molar-refractivity contribution in [2.24, 2.45) is 0 Å². The Labute approximate surface area is 159 Å². The Kier molecular flexibility index (Phi) is 5.61. The maximum Gasteiger partial charge on any atom is 0.341 e. The summed E-state index contributed by atoms with van der Waals surface area (Å²) in [5.74, 6) is -1.81. The van der Waals surface area contributed by atoms with E-state index in [-0.39, 0.29) is 17.0 Å². The van der Waals surface area contributed by atoms with Crippen LogP contribution < -0.4 is 5.32 Å². The lowest BCUT2D eigenvalue weighted by atomic mass is 10.1. The molecule has 2 aromatic carbocycles. The molecule has 1 atom stereocenters. The van der Waals surface area contributed by atoms with E-state index in [4.69, 9.17) is 16.3 Å². The van der Waals surface area contributed by atoms with Crippen molar-refractivity contribution >= 4 is 40.2 Å². The minimum atomic E-state index is -1.03. The molecule has 1 N–H and O–H groups in total. The highest BCUT2D eigenvalue weighted by atomic mass is 35.5. The summed E-state index contributed by atoms with van der Waals surface area (Å²) in [5.41, 5.74) is 1.46. The Morgan fingerprint density at radius 2 is 2.00 bits per heavy atom. The molecule has 0 aliphatic heterocycles. The van der Waals surface area contributed by atoms with E-state index in [9.17, 15) is 14.0 Å². The molecule has 1 aromatic heterocycles. The average Bonchev–Trinajstić information content (AvgIpc) is 2.68. The van der Waals surface area contributed by atoms with Crippen LogP contribution in [0.2, 0.25) is 5.02 Å². The number of nitrogens with one attached hydrogen (secondary N) is 1. The molecule has 0 bridgehead atoms. The van der Waals surface area contributed by atoms with Crippen LogP contribution in [0.15, 0.2) is 48.8 Å². The smallest absolute Gasteiger partial charge is 0.341 e. The van der Waals surface area contributed by atoms with Gasteiger partial charge in [0.2, 0.25) is 0 Å². The second-order valence-corrected chi connectivity index (χ2v) is 6.06. The van der Waals surface area contributed by atoms with Crippen molar-refractivity contribution < 1.29 is 18.7 Å². The van der Waals surface area contributed by atoms with Gasteiger partial charge in [-0.1, -0.05) is 24.6 Å². The van der Waals surface area contributed by atoms with E-state index < -0.39 is 23.8 Å². The van der Waals surface area contributed by atoms with Gasteiger partial charge in [0.1, 0.15) is 11.3 Å². The highest BCUT2D eigenvalue weighted by Crippen LogP contribution is 2.20. The lowest BCUT2D eigenvalue weighted by Gasteiger charge is -2.16. The maximum atomic E-state index is 13.2. The Morgan fingerprint density at radius 1 is 1.22 bits per heavy atom. The molecule has 0 fully saturated rings.